The van der Waals surface area contributed by atoms with Crippen LogP contribution in [0.25, 0.3) is 11.1 Å². The van der Waals surface area contributed by atoms with Gasteiger partial charge in [0.15, 0.2) is 0 Å². The second-order valence-electron chi connectivity index (χ2n) is 14.2. The SMILES string of the molecule is Cc1c(C)c(S(=O)(=O)N2CCN=C2Nc2ccc(C[C@H](NC(=O)OCC3c4ccccc4-c4ccccc43)C(=O)O)cc2)c(C)c2c1OC(C)(C)C2. The molecule has 0 bridgehead atoms. The Hall–Kier alpha value is -5.36. The van der Waals surface area contributed by atoms with E-state index in [1.54, 1.807) is 24.3 Å². The summed E-state index contributed by atoms with van der Waals surface area (Å²) in [6.07, 6.45) is -0.181. The number of amides is 1. The van der Waals surface area contributed by atoms with Gasteiger partial charge in [0.05, 0.1) is 18.0 Å². The zero-order valence-corrected chi connectivity index (χ0v) is 30.6. The minimum Gasteiger partial charge on any atom is -0.487 e. The predicted octanol–water partition coefficient (Wildman–Crippen LogP) is 6.33. The van der Waals surface area contributed by atoms with Gasteiger partial charge in [-0.25, -0.2) is 22.3 Å². The Bertz CT molecular complexity index is 2190. The number of benzene rings is 4. The number of aliphatic carboxylic acids is 1. The molecule has 0 spiro atoms. The van der Waals surface area contributed by atoms with Crippen molar-refractivity contribution in [2.45, 2.75) is 69.9 Å². The summed E-state index contributed by atoms with van der Waals surface area (Å²) in [6.45, 7) is 10.1. The Morgan fingerprint density at radius 1 is 0.962 bits per heavy atom. The molecule has 1 aliphatic carbocycles. The van der Waals surface area contributed by atoms with Crippen LogP contribution in [-0.4, -0.2) is 67.2 Å². The third-order valence-corrected chi connectivity index (χ3v) is 12.3. The number of carboxylic acids is 1. The Kier molecular flexibility index (Phi) is 8.98. The van der Waals surface area contributed by atoms with E-state index in [9.17, 15) is 23.1 Å². The summed E-state index contributed by atoms with van der Waals surface area (Å²) in [6, 6.07) is 21.7. The van der Waals surface area contributed by atoms with Crippen molar-refractivity contribution in [3.05, 3.63) is 112 Å². The van der Waals surface area contributed by atoms with E-state index >= 15 is 0 Å². The molecule has 0 unspecified atom stereocenters. The number of carboxylic acid groups (broad SMARTS) is 1. The lowest BCUT2D eigenvalue weighted by Gasteiger charge is -2.25. The summed E-state index contributed by atoms with van der Waals surface area (Å²) in [5, 5.41) is 15.6. The van der Waals surface area contributed by atoms with Crippen LogP contribution in [0, 0.1) is 20.8 Å². The van der Waals surface area contributed by atoms with Crippen LogP contribution in [0.1, 0.15) is 58.7 Å². The molecule has 12 heteroatoms. The number of rotatable bonds is 9. The van der Waals surface area contributed by atoms with E-state index in [0.29, 0.717) is 35.3 Å². The van der Waals surface area contributed by atoms with Gasteiger partial charge >= 0.3 is 12.1 Å². The fourth-order valence-corrected chi connectivity index (χ4v) is 9.50. The largest absolute Gasteiger partial charge is 0.487 e. The Morgan fingerprint density at radius 3 is 2.23 bits per heavy atom. The van der Waals surface area contributed by atoms with Gasteiger partial charge in [0.2, 0.25) is 5.96 Å². The van der Waals surface area contributed by atoms with Crippen molar-refractivity contribution in [2.24, 2.45) is 4.99 Å². The minimum absolute atomic E-state index is 0.0119. The first-order chi connectivity index (χ1) is 24.7. The number of aliphatic imine (C=N–C) groups is 1. The fraction of sp³-hybridized carbons (Fsp3) is 0.325. The normalized spacial score (nSPS) is 16.3. The molecule has 0 saturated carbocycles. The number of alkyl carbamates (subject to hydrolysis) is 1. The highest BCUT2D eigenvalue weighted by Crippen LogP contribution is 2.46. The van der Waals surface area contributed by atoms with Crippen LogP contribution in [0.15, 0.2) is 82.7 Å². The molecule has 0 radical (unpaired) electrons. The van der Waals surface area contributed by atoms with Gasteiger partial charge in [-0.3, -0.25) is 4.99 Å². The smallest absolute Gasteiger partial charge is 0.407 e. The number of sulfonamides is 1. The van der Waals surface area contributed by atoms with E-state index in [-0.39, 0.29) is 36.3 Å². The van der Waals surface area contributed by atoms with Gasteiger partial charge in [0, 0.05) is 30.0 Å². The van der Waals surface area contributed by atoms with E-state index in [2.05, 4.69) is 15.6 Å². The lowest BCUT2D eigenvalue weighted by atomic mass is 9.94. The summed E-state index contributed by atoms with van der Waals surface area (Å²) in [4.78, 5) is 29.8. The first-order valence-electron chi connectivity index (χ1n) is 17.3. The van der Waals surface area contributed by atoms with Crippen LogP contribution >= 0.6 is 0 Å². The van der Waals surface area contributed by atoms with Crippen molar-refractivity contribution in [3.63, 3.8) is 0 Å². The van der Waals surface area contributed by atoms with E-state index in [4.69, 9.17) is 9.47 Å². The molecular formula is C40H42N4O7S. The van der Waals surface area contributed by atoms with Crippen LogP contribution in [0.3, 0.4) is 0 Å². The first-order valence-corrected chi connectivity index (χ1v) is 18.8. The highest BCUT2D eigenvalue weighted by molar-refractivity contribution is 7.89. The number of nitrogens with one attached hydrogen (secondary N) is 2. The van der Waals surface area contributed by atoms with Gasteiger partial charge in [-0.2, -0.15) is 0 Å². The van der Waals surface area contributed by atoms with Crippen molar-refractivity contribution >= 4 is 33.7 Å². The number of hydrogen-bond donors (Lipinski definition) is 3. The van der Waals surface area contributed by atoms with Crippen molar-refractivity contribution in [3.8, 4) is 16.9 Å². The van der Waals surface area contributed by atoms with Crippen molar-refractivity contribution in [1.82, 2.24) is 9.62 Å². The zero-order valence-electron chi connectivity index (χ0n) is 29.8. The quantitative estimate of drug-likeness (QED) is 0.182. The van der Waals surface area contributed by atoms with Gasteiger partial charge in [0.1, 0.15) is 24.0 Å². The van der Waals surface area contributed by atoms with Gasteiger partial charge < -0.3 is 25.2 Å². The van der Waals surface area contributed by atoms with Crippen molar-refractivity contribution < 1.29 is 32.6 Å². The van der Waals surface area contributed by atoms with E-state index in [0.717, 1.165) is 39.1 Å². The molecule has 4 aromatic rings. The van der Waals surface area contributed by atoms with E-state index < -0.39 is 33.7 Å². The molecule has 3 N–H and O–H groups in total. The second-order valence-corrected chi connectivity index (χ2v) is 16.0. The average Bonchev–Trinajstić information content (AvgIpc) is 3.81. The number of hydrogen-bond acceptors (Lipinski definition) is 8. The maximum Gasteiger partial charge on any atom is 0.407 e. The lowest BCUT2D eigenvalue weighted by molar-refractivity contribution is -0.139. The molecule has 2 aliphatic heterocycles. The maximum atomic E-state index is 14.2. The first kappa shape index (κ1) is 35.1. The standard InChI is InChI=1S/C40H42N4O7S/c1-23-24(2)36(25(3)32-21-40(4,5)51-35(23)32)52(48,49)44-19-18-41-38(44)42-27-16-14-26(15-17-27)20-34(37(45)46)43-39(47)50-22-33-30-12-8-6-10-28(30)29-11-7-9-13-31(29)33/h6-17,33-34H,18-22H2,1-5H3,(H,41,42)(H,43,47)(H,45,46)/t34-/m0/s1. The lowest BCUT2D eigenvalue weighted by Crippen LogP contribution is -2.42. The van der Waals surface area contributed by atoms with Crippen LogP contribution in [0.2, 0.25) is 0 Å². The Labute approximate surface area is 303 Å². The van der Waals surface area contributed by atoms with Gasteiger partial charge in [-0.15, -0.1) is 0 Å². The van der Waals surface area contributed by atoms with Gasteiger partial charge in [-0.1, -0.05) is 60.7 Å². The fourth-order valence-electron chi connectivity index (χ4n) is 7.58. The zero-order chi connectivity index (χ0) is 36.9. The summed E-state index contributed by atoms with van der Waals surface area (Å²) in [5.74, 6) is -0.364. The summed E-state index contributed by atoms with van der Waals surface area (Å²) >= 11 is 0. The molecule has 2 heterocycles. The molecule has 0 aromatic heterocycles. The molecule has 270 valence electrons. The van der Waals surface area contributed by atoms with Crippen molar-refractivity contribution in [2.75, 3.05) is 25.0 Å². The summed E-state index contributed by atoms with van der Waals surface area (Å²) < 4.78 is 41.5. The topological polar surface area (TPSA) is 147 Å². The highest BCUT2D eigenvalue weighted by Gasteiger charge is 2.40. The molecule has 0 fully saturated rings. The van der Waals surface area contributed by atoms with Gasteiger partial charge in [-0.05, 0) is 91.3 Å². The van der Waals surface area contributed by atoms with E-state index in [1.807, 2.05) is 83.1 Å². The predicted molar refractivity (Wildman–Crippen MR) is 199 cm³/mol. The summed E-state index contributed by atoms with van der Waals surface area (Å²) in [5.41, 5.74) is 8.22. The number of ether oxygens (including phenoxy) is 2. The molecule has 11 nitrogen and oxygen atoms in total. The Balaban J connectivity index is 0.998. The molecule has 3 aliphatic rings. The molecular weight excluding hydrogens is 681 g/mol. The molecule has 0 saturated heterocycles. The molecule has 4 aromatic carbocycles. The number of anilines is 1. The Morgan fingerprint density at radius 2 is 1.60 bits per heavy atom. The number of carbonyl (C=O) groups is 2. The molecule has 7 rings (SSSR count). The maximum absolute atomic E-state index is 14.2. The van der Waals surface area contributed by atoms with E-state index in [1.165, 1.54) is 4.31 Å². The number of fused-ring (bicyclic) bond motifs is 4. The average molecular weight is 723 g/mol. The highest BCUT2D eigenvalue weighted by atomic mass is 32.2. The van der Waals surface area contributed by atoms with Crippen LogP contribution in [0.5, 0.6) is 5.75 Å². The summed E-state index contributed by atoms with van der Waals surface area (Å²) in [7, 11) is -3.97. The van der Waals surface area contributed by atoms with Gasteiger partial charge in [0.25, 0.3) is 10.0 Å². The van der Waals surface area contributed by atoms with Crippen LogP contribution < -0.4 is 15.4 Å². The number of carbonyl (C=O) groups excluding carboxylic acids is 1. The second kappa shape index (κ2) is 13.3. The molecule has 1 amide bonds. The minimum atomic E-state index is -3.97. The van der Waals surface area contributed by atoms with Crippen molar-refractivity contribution in [1.29, 1.82) is 0 Å². The number of nitrogens with zero attached hydrogens (tertiary/aromatic N) is 2. The third kappa shape index (κ3) is 6.36. The van der Waals surface area contributed by atoms with Crippen LogP contribution in [0.4, 0.5) is 10.5 Å². The number of guanidine groups is 1. The monoisotopic (exact) mass is 722 g/mol. The van der Waals surface area contributed by atoms with Crippen LogP contribution in [-0.2, 0) is 32.4 Å². The molecule has 1 atom stereocenters. The third-order valence-electron chi connectivity index (χ3n) is 10.2. The molecule has 52 heavy (non-hydrogen) atoms.